The molecule has 1 aliphatic carbocycles. The zero-order valence-corrected chi connectivity index (χ0v) is 23.3. The molecule has 2 aromatic heterocycles. The highest BCUT2D eigenvalue weighted by Gasteiger charge is 2.35. The van der Waals surface area contributed by atoms with Crippen molar-refractivity contribution in [3.63, 3.8) is 0 Å². The van der Waals surface area contributed by atoms with Crippen molar-refractivity contribution in [3.8, 4) is 11.3 Å². The van der Waals surface area contributed by atoms with Crippen LogP contribution in [0, 0.1) is 5.41 Å². The molecule has 1 aromatic carbocycles. The first-order chi connectivity index (χ1) is 17.9. The molecule has 4 rings (SSSR count). The third-order valence-electron chi connectivity index (χ3n) is 7.17. The number of hydrogen-bond donors (Lipinski definition) is 2. The fourth-order valence-electron chi connectivity index (χ4n) is 4.57. The van der Waals surface area contributed by atoms with Crippen molar-refractivity contribution in [2.75, 3.05) is 24.2 Å². The summed E-state index contributed by atoms with van der Waals surface area (Å²) in [5.41, 5.74) is 2.19. The summed E-state index contributed by atoms with van der Waals surface area (Å²) in [5, 5.41) is 12.7. The molecule has 0 aliphatic heterocycles. The number of fused-ring (bicyclic) bond motifs is 1. The summed E-state index contributed by atoms with van der Waals surface area (Å²) in [6, 6.07) is 9.60. The lowest BCUT2D eigenvalue weighted by Gasteiger charge is -2.26. The van der Waals surface area contributed by atoms with Gasteiger partial charge in [-0.3, -0.25) is 13.9 Å². The molecule has 1 fully saturated rings. The van der Waals surface area contributed by atoms with Gasteiger partial charge in [-0.25, -0.2) is 8.42 Å². The van der Waals surface area contributed by atoms with E-state index in [-0.39, 0.29) is 29.9 Å². The Bertz CT molecular complexity index is 1470. The second-order valence-electron chi connectivity index (χ2n) is 10.6. The minimum Gasteiger partial charge on any atom is -0.481 e. The van der Waals surface area contributed by atoms with Gasteiger partial charge < -0.3 is 14.8 Å². The van der Waals surface area contributed by atoms with Crippen LogP contribution in [0.5, 0.6) is 0 Å². The van der Waals surface area contributed by atoms with Gasteiger partial charge in [0, 0.05) is 19.2 Å². The summed E-state index contributed by atoms with van der Waals surface area (Å²) < 4.78 is 33.3. The number of aryl methyl sites for hydroxylation is 1. The number of rotatable bonds is 11. The number of nitrogens with one attached hydrogen (secondary N) is 1. The van der Waals surface area contributed by atoms with Crippen molar-refractivity contribution in [1.82, 2.24) is 10.3 Å². The van der Waals surface area contributed by atoms with E-state index < -0.39 is 21.4 Å². The standard InChI is InChI=1S/C28H35N3O6S/c1-6-17-8-10-19(11-9-17)23-22(25(32)29-4)21-16-20(18-12-13-18)24(30-26(21)37-23)31(38(5,35)36)15-7-14-28(2,3)27(33)34/h8-11,16,18H,6-7,12-15H2,1-5H3,(H,29,32)(H,33,34). The van der Waals surface area contributed by atoms with Crippen LogP contribution in [0.15, 0.2) is 34.7 Å². The molecule has 1 amide bonds. The van der Waals surface area contributed by atoms with E-state index in [0.717, 1.165) is 42.2 Å². The molecule has 0 atom stereocenters. The van der Waals surface area contributed by atoms with E-state index in [1.54, 1.807) is 20.9 Å². The summed E-state index contributed by atoms with van der Waals surface area (Å²) in [7, 11) is -2.18. The fourth-order valence-corrected chi connectivity index (χ4v) is 5.49. The van der Waals surface area contributed by atoms with Gasteiger partial charge in [-0.2, -0.15) is 4.98 Å². The molecule has 1 saturated carbocycles. The molecule has 3 aromatic rings. The number of amides is 1. The average molecular weight is 542 g/mol. The Balaban J connectivity index is 1.84. The van der Waals surface area contributed by atoms with Crippen molar-refractivity contribution < 1.29 is 27.5 Å². The SMILES string of the molecule is CCc1ccc(-c2oc3nc(N(CCCC(C)(C)C(=O)O)S(C)(=O)=O)c(C4CC4)cc3c2C(=O)NC)cc1. The number of benzene rings is 1. The first-order valence-electron chi connectivity index (χ1n) is 12.9. The van der Waals surface area contributed by atoms with E-state index in [4.69, 9.17) is 9.40 Å². The molecular weight excluding hydrogens is 506 g/mol. The highest BCUT2D eigenvalue weighted by Crippen LogP contribution is 2.47. The Morgan fingerprint density at radius 3 is 2.39 bits per heavy atom. The predicted octanol–water partition coefficient (Wildman–Crippen LogP) is 4.95. The number of carbonyl (C=O) groups is 2. The smallest absolute Gasteiger partial charge is 0.309 e. The van der Waals surface area contributed by atoms with Crippen LogP contribution < -0.4 is 9.62 Å². The van der Waals surface area contributed by atoms with Crippen molar-refractivity contribution >= 4 is 38.8 Å². The van der Waals surface area contributed by atoms with Crippen LogP contribution in [0.4, 0.5) is 5.82 Å². The van der Waals surface area contributed by atoms with Gasteiger partial charge in [-0.05, 0) is 69.1 Å². The van der Waals surface area contributed by atoms with Crippen LogP contribution >= 0.6 is 0 Å². The summed E-state index contributed by atoms with van der Waals surface area (Å²) in [5.74, 6) is -0.464. The second kappa shape index (κ2) is 10.4. The van der Waals surface area contributed by atoms with Crippen LogP contribution in [-0.2, 0) is 21.2 Å². The number of nitrogens with zero attached hydrogens (tertiary/aromatic N) is 2. The second-order valence-corrected chi connectivity index (χ2v) is 12.5. The van der Waals surface area contributed by atoms with Crippen LogP contribution in [0.25, 0.3) is 22.4 Å². The van der Waals surface area contributed by atoms with Crippen molar-refractivity contribution in [1.29, 1.82) is 0 Å². The fraction of sp³-hybridized carbons (Fsp3) is 0.464. The quantitative estimate of drug-likeness (QED) is 0.351. The third-order valence-corrected chi connectivity index (χ3v) is 8.32. The first kappa shape index (κ1) is 27.6. The highest BCUT2D eigenvalue weighted by atomic mass is 32.2. The van der Waals surface area contributed by atoms with E-state index in [1.807, 2.05) is 30.3 Å². The number of pyridine rings is 1. The lowest BCUT2D eigenvalue weighted by molar-refractivity contribution is -0.147. The Morgan fingerprint density at radius 1 is 1.21 bits per heavy atom. The average Bonchev–Trinajstić information content (AvgIpc) is 3.65. The largest absolute Gasteiger partial charge is 0.481 e. The summed E-state index contributed by atoms with van der Waals surface area (Å²) in [6.07, 6.45) is 4.42. The Hall–Kier alpha value is -3.40. The number of hydrogen-bond acceptors (Lipinski definition) is 6. The van der Waals surface area contributed by atoms with Crippen LogP contribution in [-0.4, -0.2) is 50.2 Å². The van der Waals surface area contributed by atoms with Gasteiger partial charge in [-0.15, -0.1) is 0 Å². The zero-order valence-electron chi connectivity index (χ0n) is 22.5. The van der Waals surface area contributed by atoms with Gasteiger partial charge in [0.25, 0.3) is 5.91 Å². The zero-order chi connectivity index (χ0) is 27.8. The molecule has 10 heteroatoms. The highest BCUT2D eigenvalue weighted by molar-refractivity contribution is 7.92. The molecule has 204 valence electrons. The number of aromatic nitrogens is 1. The van der Waals surface area contributed by atoms with E-state index >= 15 is 0 Å². The van der Waals surface area contributed by atoms with Gasteiger partial charge in [-0.1, -0.05) is 31.2 Å². The molecule has 9 nitrogen and oxygen atoms in total. The maximum atomic E-state index is 13.0. The Kier molecular flexibility index (Phi) is 7.56. The van der Waals surface area contributed by atoms with E-state index in [2.05, 4.69) is 12.2 Å². The number of furan rings is 1. The molecule has 0 radical (unpaired) electrons. The van der Waals surface area contributed by atoms with Crippen molar-refractivity contribution in [2.45, 2.75) is 58.8 Å². The van der Waals surface area contributed by atoms with Crippen LogP contribution in [0.2, 0.25) is 0 Å². The van der Waals surface area contributed by atoms with Gasteiger partial charge in [0.1, 0.15) is 11.6 Å². The molecule has 1 aliphatic rings. The molecule has 2 N–H and O–H groups in total. The molecule has 0 unspecified atom stereocenters. The molecule has 38 heavy (non-hydrogen) atoms. The number of carbonyl (C=O) groups excluding carboxylic acids is 1. The minimum absolute atomic E-state index is 0.0854. The van der Waals surface area contributed by atoms with Gasteiger partial charge in [0.2, 0.25) is 15.7 Å². The first-order valence-corrected chi connectivity index (χ1v) is 14.7. The van der Waals surface area contributed by atoms with Gasteiger partial charge in [0.15, 0.2) is 0 Å². The summed E-state index contributed by atoms with van der Waals surface area (Å²) >= 11 is 0. The third kappa shape index (κ3) is 5.55. The Labute approximate surface area is 223 Å². The number of sulfonamides is 1. The summed E-state index contributed by atoms with van der Waals surface area (Å²) in [6.45, 7) is 5.39. The van der Waals surface area contributed by atoms with E-state index in [1.165, 1.54) is 4.31 Å². The van der Waals surface area contributed by atoms with E-state index in [0.29, 0.717) is 29.6 Å². The lowest BCUT2D eigenvalue weighted by atomic mass is 9.88. The van der Waals surface area contributed by atoms with Crippen molar-refractivity contribution in [3.05, 3.63) is 47.0 Å². The number of anilines is 1. The normalized spacial score (nSPS) is 14.0. The Morgan fingerprint density at radius 2 is 1.87 bits per heavy atom. The molecular formula is C28H35N3O6S. The van der Waals surface area contributed by atoms with Gasteiger partial charge in [0.05, 0.1) is 22.6 Å². The minimum atomic E-state index is -3.73. The van der Waals surface area contributed by atoms with Crippen LogP contribution in [0.3, 0.4) is 0 Å². The van der Waals surface area contributed by atoms with Crippen LogP contribution in [0.1, 0.15) is 73.9 Å². The maximum absolute atomic E-state index is 13.0. The summed E-state index contributed by atoms with van der Waals surface area (Å²) in [4.78, 5) is 29.3. The van der Waals surface area contributed by atoms with E-state index in [9.17, 15) is 23.1 Å². The number of carboxylic acids is 1. The molecule has 0 spiro atoms. The monoisotopic (exact) mass is 541 g/mol. The maximum Gasteiger partial charge on any atom is 0.309 e. The lowest BCUT2D eigenvalue weighted by Crippen LogP contribution is -2.34. The number of aliphatic carboxylic acids is 1. The van der Waals surface area contributed by atoms with Crippen molar-refractivity contribution in [2.24, 2.45) is 5.41 Å². The topological polar surface area (TPSA) is 130 Å². The number of carboxylic acid groups (broad SMARTS) is 1. The molecule has 0 bridgehead atoms. The predicted molar refractivity (Wildman–Crippen MR) is 147 cm³/mol. The molecule has 0 saturated heterocycles. The molecule has 2 heterocycles. The van der Waals surface area contributed by atoms with Gasteiger partial charge >= 0.3 is 5.97 Å².